The van der Waals surface area contributed by atoms with Crippen LogP contribution in [0.4, 0.5) is 0 Å². The van der Waals surface area contributed by atoms with Crippen molar-refractivity contribution in [2.45, 2.75) is 39.2 Å². The van der Waals surface area contributed by atoms with Crippen molar-refractivity contribution in [3.8, 4) is 5.88 Å². The van der Waals surface area contributed by atoms with Crippen LogP contribution < -0.4 is 4.74 Å². The van der Waals surface area contributed by atoms with E-state index in [0.29, 0.717) is 11.9 Å². The number of ether oxygens (including phenoxy) is 1. The molecule has 2 heterocycles. The predicted octanol–water partition coefficient (Wildman–Crippen LogP) is 2.95. The quantitative estimate of drug-likeness (QED) is 0.801. The zero-order valence-corrected chi connectivity index (χ0v) is 11.1. The van der Waals surface area contributed by atoms with E-state index in [4.69, 9.17) is 4.74 Å². The summed E-state index contributed by atoms with van der Waals surface area (Å²) in [5.41, 5.74) is 2.48. The van der Waals surface area contributed by atoms with Gasteiger partial charge in [-0.25, -0.2) is 4.98 Å². The van der Waals surface area contributed by atoms with Gasteiger partial charge in [0, 0.05) is 17.8 Å². The van der Waals surface area contributed by atoms with Crippen molar-refractivity contribution in [2.24, 2.45) is 0 Å². The number of pyridine rings is 1. The molecule has 2 rings (SSSR count). The van der Waals surface area contributed by atoms with Crippen LogP contribution in [0.2, 0.25) is 0 Å². The Hall–Kier alpha value is -1.09. The lowest BCUT2D eigenvalue weighted by atomic mass is 10.0. The molecule has 0 spiro atoms. The molecule has 94 valence electrons. The summed E-state index contributed by atoms with van der Waals surface area (Å²) in [7, 11) is 1.67. The van der Waals surface area contributed by atoms with Gasteiger partial charge in [0.15, 0.2) is 0 Å². The molecule has 3 heteroatoms. The van der Waals surface area contributed by atoms with Gasteiger partial charge in [0.25, 0.3) is 0 Å². The van der Waals surface area contributed by atoms with Gasteiger partial charge >= 0.3 is 0 Å². The van der Waals surface area contributed by atoms with E-state index in [1.807, 2.05) is 6.07 Å². The maximum absolute atomic E-state index is 5.16. The predicted molar refractivity (Wildman–Crippen MR) is 69.4 cm³/mol. The van der Waals surface area contributed by atoms with Crippen molar-refractivity contribution in [3.63, 3.8) is 0 Å². The molecule has 1 aromatic heterocycles. The molecule has 1 aliphatic rings. The molecule has 1 atom stereocenters. The first kappa shape index (κ1) is 12.4. The highest BCUT2D eigenvalue weighted by Crippen LogP contribution is 2.33. The third-order valence-electron chi connectivity index (χ3n) is 3.54. The molecule has 0 unspecified atom stereocenters. The second-order valence-corrected chi connectivity index (χ2v) is 4.72. The number of rotatable bonds is 4. The van der Waals surface area contributed by atoms with Crippen LogP contribution in [0, 0.1) is 6.92 Å². The first-order valence-electron chi connectivity index (χ1n) is 6.51. The Morgan fingerprint density at radius 3 is 2.94 bits per heavy atom. The summed E-state index contributed by atoms with van der Waals surface area (Å²) in [5.74, 6) is 0.714. The third kappa shape index (κ3) is 2.60. The maximum atomic E-state index is 5.16. The van der Waals surface area contributed by atoms with E-state index in [-0.39, 0.29) is 0 Å². The molecule has 1 saturated heterocycles. The standard InChI is InChI=1S/C14H22N2O/c1-4-9-16-10-5-6-13(16)12-7-8-14(17-3)15-11(12)2/h7-8,13H,4-6,9-10H2,1-3H3/t13-/m0/s1. The first-order chi connectivity index (χ1) is 8.26. The van der Waals surface area contributed by atoms with Crippen LogP contribution in [-0.2, 0) is 0 Å². The Kier molecular flexibility index (Phi) is 4.00. The number of nitrogens with zero attached hydrogens (tertiary/aromatic N) is 2. The Bertz CT molecular complexity index is 378. The van der Waals surface area contributed by atoms with Gasteiger partial charge in [0.2, 0.25) is 5.88 Å². The Morgan fingerprint density at radius 1 is 1.47 bits per heavy atom. The van der Waals surface area contributed by atoms with E-state index in [9.17, 15) is 0 Å². The molecule has 1 aliphatic heterocycles. The summed E-state index contributed by atoms with van der Waals surface area (Å²) < 4.78 is 5.16. The lowest BCUT2D eigenvalue weighted by Gasteiger charge is -2.25. The van der Waals surface area contributed by atoms with Crippen molar-refractivity contribution < 1.29 is 4.74 Å². The molecule has 0 amide bonds. The fraction of sp³-hybridized carbons (Fsp3) is 0.643. The average Bonchev–Trinajstić information content (AvgIpc) is 2.77. The molecule has 0 aromatic carbocycles. The topological polar surface area (TPSA) is 25.4 Å². The first-order valence-corrected chi connectivity index (χ1v) is 6.51. The molecule has 0 bridgehead atoms. The highest BCUT2D eigenvalue weighted by Gasteiger charge is 2.26. The van der Waals surface area contributed by atoms with Crippen molar-refractivity contribution >= 4 is 0 Å². The SMILES string of the molecule is CCCN1CCC[C@H]1c1ccc(OC)nc1C. The van der Waals surface area contributed by atoms with E-state index in [2.05, 4.69) is 29.8 Å². The third-order valence-corrected chi connectivity index (χ3v) is 3.54. The van der Waals surface area contributed by atoms with Crippen LogP contribution in [0.15, 0.2) is 12.1 Å². The van der Waals surface area contributed by atoms with E-state index in [1.165, 1.54) is 37.9 Å². The van der Waals surface area contributed by atoms with Crippen LogP contribution in [0.1, 0.15) is 43.5 Å². The number of likely N-dealkylation sites (tertiary alicyclic amines) is 1. The summed E-state index contributed by atoms with van der Waals surface area (Å²) in [4.78, 5) is 7.06. The zero-order chi connectivity index (χ0) is 12.3. The van der Waals surface area contributed by atoms with Crippen molar-refractivity contribution in [1.82, 2.24) is 9.88 Å². The van der Waals surface area contributed by atoms with Gasteiger partial charge in [-0.1, -0.05) is 13.0 Å². The van der Waals surface area contributed by atoms with Gasteiger partial charge in [-0.15, -0.1) is 0 Å². The van der Waals surface area contributed by atoms with Gasteiger partial charge in [-0.2, -0.15) is 0 Å². The summed E-state index contributed by atoms with van der Waals surface area (Å²) in [6, 6.07) is 4.72. The minimum Gasteiger partial charge on any atom is -0.481 e. The minimum absolute atomic E-state index is 0.563. The van der Waals surface area contributed by atoms with Crippen molar-refractivity contribution in [3.05, 3.63) is 23.4 Å². The number of aromatic nitrogens is 1. The van der Waals surface area contributed by atoms with Crippen molar-refractivity contribution in [2.75, 3.05) is 20.2 Å². The smallest absolute Gasteiger partial charge is 0.213 e. The normalized spacial score (nSPS) is 20.8. The maximum Gasteiger partial charge on any atom is 0.213 e. The van der Waals surface area contributed by atoms with Gasteiger partial charge < -0.3 is 4.74 Å². The van der Waals surface area contributed by atoms with Crippen molar-refractivity contribution in [1.29, 1.82) is 0 Å². The zero-order valence-electron chi connectivity index (χ0n) is 11.1. The summed E-state index contributed by atoms with van der Waals surface area (Å²) in [5, 5.41) is 0. The lowest BCUT2D eigenvalue weighted by Crippen LogP contribution is -2.24. The number of hydrogen-bond acceptors (Lipinski definition) is 3. The fourth-order valence-corrected chi connectivity index (χ4v) is 2.75. The Balaban J connectivity index is 2.21. The van der Waals surface area contributed by atoms with Crippen LogP contribution in [0.3, 0.4) is 0 Å². The largest absolute Gasteiger partial charge is 0.481 e. The minimum atomic E-state index is 0.563. The van der Waals surface area contributed by atoms with Gasteiger partial charge in [-0.05, 0) is 44.8 Å². The van der Waals surface area contributed by atoms with E-state index >= 15 is 0 Å². The molecule has 1 aromatic rings. The fourth-order valence-electron chi connectivity index (χ4n) is 2.75. The molecule has 17 heavy (non-hydrogen) atoms. The number of hydrogen-bond donors (Lipinski definition) is 0. The molecule has 1 fully saturated rings. The second kappa shape index (κ2) is 5.50. The molecule has 0 aliphatic carbocycles. The van der Waals surface area contributed by atoms with Crippen LogP contribution >= 0.6 is 0 Å². The number of methoxy groups -OCH3 is 1. The van der Waals surface area contributed by atoms with Crippen LogP contribution in [-0.4, -0.2) is 30.1 Å². The summed E-state index contributed by atoms with van der Waals surface area (Å²) in [6.45, 7) is 6.74. The lowest BCUT2D eigenvalue weighted by molar-refractivity contribution is 0.256. The van der Waals surface area contributed by atoms with E-state index in [1.54, 1.807) is 7.11 Å². The van der Waals surface area contributed by atoms with Crippen LogP contribution in [0.5, 0.6) is 5.88 Å². The molecule has 0 saturated carbocycles. The molecule has 0 radical (unpaired) electrons. The summed E-state index contributed by atoms with van der Waals surface area (Å²) >= 11 is 0. The van der Waals surface area contributed by atoms with Gasteiger partial charge in [-0.3, -0.25) is 4.90 Å². The second-order valence-electron chi connectivity index (χ2n) is 4.72. The molecule has 0 N–H and O–H groups in total. The highest BCUT2D eigenvalue weighted by molar-refractivity contribution is 5.28. The van der Waals surface area contributed by atoms with E-state index in [0.717, 1.165) is 5.69 Å². The highest BCUT2D eigenvalue weighted by atomic mass is 16.5. The van der Waals surface area contributed by atoms with Gasteiger partial charge in [0.05, 0.1) is 7.11 Å². The van der Waals surface area contributed by atoms with Crippen LogP contribution in [0.25, 0.3) is 0 Å². The van der Waals surface area contributed by atoms with E-state index < -0.39 is 0 Å². The Labute approximate surface area is 104 Å². The van der Waals surface area contributed by atoms with Gasteiger partial charge in [0.1, 0.15) is 0 Å². The molecular weight excluding hydrogens is 212 g/mol. The monoisotopic (exact) mass is 234 g/mol. The molecule has 3 nitrogen and oxygen atoms in total. The number of aryl methyl sites for hydroxylation is 1. The Morgan fingerprint density at radius 2 is 2.29 bits per heavy atom. The molecular formula is C14H22N2O. The summed E-state index contributed by atoms with van der Waals surface area (Å²) in [6.07, 6.45) is 3.78. The average molecular weight is 234 g/mol.